The predicted molar refractivity (Wildman–Crippen MR) is 98.1 cm³/mol. The first-order valence-corrected chi connectivity index (χ1v) is 8.41. The van der Waals surface area contributed by atoms with Crippen LogP contribution in [0, 0.1) is 6.92 Å². The molecule has 124 valence electrons. The average molecular weight is 321 g/mol. The second-order valence-electron chi connectivity index (χ2n) is 6.19. The molecule has 0 aliphatic rings. The first-order valence-electron chi connectivity index (χ1n) is 8.41. The third-order valence-corrected chi connectivity index (χ3v) is 4.23. The van der Waals surface area contributed by atoms with Crippen molar-refractivity contribution >= 4 is 16.8 Å². The van der Waals surface area contributed by atoms with Gasteiger partial charge >= 0.3 is 0 Å². The van der Waals surface area contributed by atoms with E-state index in [0.29, 0.717) is 12.1 Å². The zero-order valence-corrected chi connectivity index (χ0v) is 14.5. The number of fused-ring (bicyclic) bond motifs is 1. The Morgan fingerprint density at radius 1 is 1.25 bits per heavy atom. The molecule has 4 nitrogen and oxygen atoms in total. The van der Waals surface area contributed by atoms with E-state index in [-0.39, 0.29) is 5.91 Å². The van der Waals surface area contributed by atoms with E-state index in [1.807, 2.05) is 61.1 Å². The minimum atomic E-state index is -0.0306. The molecule has 0 saturated heterocycles. The number of carbonyl (C=O) groups is 1. The van der Waals surface area contributed by atoms with E-state index in [2.05, 4.69) is 12.2 Å². The van der Waals surface area contributed by atoms with Crippen molar-refractivity contribution in [1.82, 2.24) is 14.9 Å². The van der Waals surface area contributed by atoms with E-state index in [9.17, 15) is 4.79 Å². The van der Waals surface area contributed by atoms with Crippen LogP contribution in [0.25, 0.3) is 22.3 Å². The number of pyridine rings is 1. The van der Waals surface area contributed by atoms with Gasteiger partial charge in [0.2, 0.25) is 0 Å². The molecule has 0 bridgehead atoms. The number of benzene rings is 1. The Balaban J connectivity index is 2.11. The number of nitrogens with zero attached hydrogens (tertiary/aromatic N) is 2. The van der Waals surface area contributed by atoms with Gasteiger partial charge in [-0.25, -0.2) is 4.98 Å². The van der Waals surface area contributed by atoms with Crippen molar-refractivity contribution in [3.63, 3.8) is 0 Å². The topological polar surface area (TPSA) is 46.9 Å². The highest BCUT2D eigenvalue weighted by atomic mass is 16.1. The van der Waals surface area contributed by atoms with Crippen LogP contribution in [0.2, 0.25) is 0 Å². The average Bonchev–Trinajstić information content (AvgIpc) is 3.00. The molecule has 1 N–H and O–H groups in total. The highest BCUT2D eigenvalue weighted by Crippen LogP contribution is 2.25. The SMILES string of the molecule is CCCCNC(=O)c1cc(-c2cccn2C)nc2ccc(C)cc12. The summed E-state index contributed by atoms with van der Waals surface area (Å²) in [6.45, 7) is 4.85. The van der Waals surface area contributed by atoms with Crippen LogP contribution in [0.4, 0.5) is 0 Å². The van der Waals surface area contributed by atoms with E-state index in [1.54, 1.807) is 0 Å². The number of aromatic nitrogens is 2. The summed E-state index contributed by atoms with van der Waals surface area (Å²) in [4.78, 5) is 17.5. The summed E-state index contributed by atoms with van der Waals surface area (Å²) in [7, 11) is 1.98. The van der Waals surface area contributed by atoms with Gasteiger partial charge in [0, 0.05) is 25.2 Å². The van der Waals surface area contributed by atoms with Gasteiger partial charge in [0.05, 0.1) is 22.5 Å². The summed E-state index contributed by atoms with van der Waals surface area (Å²) in [6.07, 6.45) is 4.03. The Kier molecular flexibility index (Phi) is 4.65. The molecule has 2 heterocycles. The van der Waals surface area contributed by atoms with E-state index in [4.69, 9.17) is 4.98 Å². The van der Waals surface area contributed by atoms with Crippen LogP contribution in [0.15, 0.2) is 42.6 Å². The molecule has 0 unspecified atom stereocenters. The lowest BCUT2D eigenvalue weighted by atomic mass is 10.0. The van der Waals surface area contributed by atoms with Gasteiger partial charge in [0.1, 0.15) is 0 Å². The third kappa shape index (κ3) is 3.18. The molecule has 24 heavy (non-hydrogen) atoms. The molecule has 3 rings (SSSR count). The summed E-state index contributed by atoms with van der Waals surface area (Å²) < 4.78 is 2.02. The lowest BCUT2D eigenvalue weighted by Gasteiger charge is -2.11. The number of hydrogen-bond acceptors (Lipinski definition) is 2. The number of rotatable bonds is 5. The van der Waals surface area contributed by atoms with Crippen molar-refractivity contribution in [1.29, 1.82) is 0 Å². The summed E-state index contributed by atoms with van der Waals surface area (Å²) in [6, 6.07) is 11.9. The molecule has 0 fully saturated rings. The zero-order chi connectivity index (χ0) is 17.1. The molecule has 0 spiro atoms. The van der Waals surface area contributed by atoms with Gasteiger partial charge in [-0.2, -0.15) is 0 Å². The second-order valence-corrected chi connectivity index (χ2v) is 6.19. The monoisotopic (exact) mass is 321 g/mol. The standard InChI is InChI=1S/C20H23N3O/c1-4-5-10-21-20(24)16-13-18(19-7-6-11-23(19)3)22-17-9-8-14(2)12-15(16)17/h6-9,11-13H,4-5,10H2,1-3H3,(H,21,24). The Morgan fingerprint density at radius 3 is 2.79 bits per heavy atom. The quantitative estimate of drug-likeness (QED) is 0.720. The lowest BCUT2D eigenvalue weighted by Crippen LogP contribution is -2.24. The normalized spacial score (nSPS) is 11.0. The summed E-state index contributed by atoms with van der Waals surface area (Å²) in [5.41, 5.74) is 4.48. The van der Waals surface area contributed by atoms with Gasteiger partial charge in [-0.1, -0.05) is 25.0 Å². The van der Waals surface area contributed by atoms with Gasteiger partial charge in [-0.15, -0.1) is 0 Å². The van der Waals surface area contributed by atoms with E-state index in [0.717, 1.165) is 40.7 Å². The Labute approximate surface area is 142 Å². The third-order valence-electron chi connectivity index (χ3n) is 4.23. The van der Waals surface area contributed by atoms with Crippen molar-refractivity contribution < 1.29 is 4.79 Å². The van der Waals surface area contributed by atoms with Crippen LogP contribution >= 0.6 is 0 Å². The first-order chi connectivity index (χ1) is 11.6. The van der Waals surface area contributed by atoms with Gasteiger partial charge < -0.3 is 9.88 Å². The molecule has 3 aromatic rings. The maximum Gasteiger partial charge on any atom is 0.252 e. The number of nitrogens with one attached hydrogen (secondary N) is 1. The van der Waals surface area contributed by atoms with Gasteiger partial charge in [0.15, 0.2) is 0 Å². The zero-order valence-electron chi connectivity index (χ0n) is 14.5. The van der Waals surface area contributed by atoms with Crippen LogP contribution in [0.5, 0.6) is 0 Å². The Hall–Kier alpha value is -2.62. The van der Waals surface area contributed by atoms with Crippen LogP contribution in [-0.4, -0.2) is 22.0 Å². The number of aryl methyl sites for hydroxylation is 2. The fraction of sp³-hybridized carbons (Fsp3) is 0.300. The lowest BCUT2D eigenvalue weighted by molar-refractivity contribution is 0.0955. The van der Waals surface area contributed by atoms with Gasteiger partial charge in [-0.3, -0.25) is 4.79 Å². The minimum absolute atomic E-state index is 0.0306. The summed E-state index contributed by atoms with van der Waals surface area (Å²) in [5, 5.41) is 3.93. The van der Waals surface area contributed by atoms with Crippen molar-refractivity contribution in [3.05, 3.63) is 53.7 Å². The second kappa shape index (κ2) is 6.87. The number of unbranched alkanes of at least 4 members (excludes halogenated alkanes) is 1. The molecule has 4 heteroatoms. The number of hydrogen-bond donors (Lipinski definition) is 1. The van der Waals surface area contributed by atoms with Gasteiger partial charge in [-0.05, 0) is 43.7 Å². The van der Waals surface area contributed by atoms with Crippen molar-refractivity contribution in [2.45, 2.75) is 26.7 Å². The summed E-state index contributed by atoms with van der Waals surface area (Å²) >= 11 is 0. The number of carbonyl (C=O) groups excluding carboxylic acids is 1. The molecule has 0 atom stereocenters. The number of amides is 1. The molecule has 0 saturated carbocycles. The molecule has 0 aliphatic heterocycles. The molecular weight excluding hydrogens is 298 g/mol. The molecule has 2 aromatic heterocycles. The van der Waals surface area contributed by atoms with Crippen LogP contribution < -0.4 is 5.32 Å². The van der Waals surface area contributed by atoms with Crippen LogP contribution in [-0.2, 0) is 7.05 Å². The molecular formula is C20H23N3O. The highest BCUT2D eigenvalue weighted by molar-refractivity contribution is 6.07. The maximum absolute atomic E-state index is 12.7. The largest absolute Gasteiger partial charge is 0.352 e. The molecule has 1 amide bonds. The molecule has 1 aromatic carbocycles. The smallest absolute Gasteiger partial charge is 0.252 e. The van der Waals surface area contributed by atoms with Crippen molar-refractivity contribution in [3.8, 4) is 11.4 Å². The van der Waals surface area contributed by atoms with Crippen LogP contribution in [0.1, 0.15) is 35.7 Å². The highest BCUT2D eigenvalue weighted by Gasteiger charge is 2.15. The minimum Gasteiger partial charge on any atom is -0.352 e. The predicted octanol–water partition coefficient (Wildman–Crippen LogP) is 4.08. The van der Waals surface area contributed by atoms with E-state index >= 15 is 0 Å². The fourth-order valence-corrected chi connectivity index (χ4v) is 2.86. The van der Waals surface area contributed by atoms with Crippen molar-refractivity contribution in [2.24, 2.45) is 7.05 Å². The Morgan fingerprint density at radius 2 is 2.08 bits per heavy atom. The van der Waals surface area contributed by atoms with E-state index in [1.165, 1.54) is 0 Å². The first kappa shape index (κ1) is 16.2. The summed E-state index contributed by atoms with van der Waals surface area (Å²) in [5.74, 6) is -0.0306. The molecule has 0 aliphatic carbocycles. The molecule has 0 radical (unpaired) electrons. The Bertz CT molecular complexity index is 880. The van der Waals surface area contributed by atoms with E-state index < -0.39 is 0 Å². The maximum atomic E-state index is 12.7. The van der Waals surface area contributed by atoms with Crippen LogP contribution in [0.3, 0.4) is 0 Å². The van der Waals surface area contributed by atoms with Gasteiger partial charge in [0.25, 0.3) is 5.91 Å². The fourth-order valence-electron chi connectivity index (χ4n) is 2.86. The van der Waals surface area contributed by atoms with Crippen molar-refractivity contribution in [2.75, 3.05) is 6.54 Å².